The number of hydrogen-bond donors (Lipinski definition) is 0. The molecule has 6 nitrogen and oxygen atoms in total. The molecule has 2 aromatic carbocycles. The van der Waals surface area contributed by atoms with Crippen LogP contribution < -0.4 is 9.47 Å². The van der Waals surface area contributed by atoms with E-state index in [4.69, 9.17) is 9.47 Å². The Morgan fingerprint density at radius 2 is 1.79 bits per heavy atom. The lowest BCUT2D eigenvalue weighted by molar-refractivity contribution is -0.385. The first-order chi connectivity index (χ1) is 11.4. The summed E-state index contributed by atoms with van der Waals surface area (Å²) in [5, 5.41) is 10.4. The van der Waals surface area contributed by atoms with Crippen LogP contribution in [0.5, 0.6) is 11.5 Å². The van der Waals surface area contributed by atoms with Crippen LogP contribution in [0.3, 0.4) is 0 Å². The van der Waals surface area contributed by atoms with Crippen molar-refractivity contribution >= 4 is 23.4 Å². The molecule has 0 aliphatic heterocycles. The zero-order valence-electron chi connectivity index (χ0n) is 13.5. The molecule has 126 valence electrons. The summed E-state index contributed by atoms with van der Waals surface area (Å²) in [6.45, 7) is 3.35. The summed E-state index contributed by atoms with van der Waals surface area (Å²) in [4.78, 5) is 23.4. The van der Waals surface area contributed by atoms with E-state index in [-0.39, 0.29) is 5.69 Å². The Labute approximate surface area is 143 Å². The summed E-state index contributed by atoms with van der Waals surface area (Å²) in [6.07, 6.45) is 0. The highest BCUT2D eigenvalue weighted by molar-refractivity contribution is 8.00. The van der Waals surface area contributed by atoms with Crippen molar-refractivity contribution in [3.8, 4) is 11.5 Å². The number of methoxy groups -OCH3 is 1. The van der Waals surface area contributed by atoms with Gasteiger partial charge in [-0.1, -0.05) is 0 Å². The number of carbonyl (C=O) groups is 1. The van der Waals surface area contributed by atoms with Crippen molar-refractivity contribution in [3.63, 3.8) is 0 Å². The van der Waals surface area contributed by atoms with Crippen LogP contribution in [-0.4, -0.2) is 23.3 Å². The van der Waals surface area contributed by atoms with Crippen LogP contribution in [0.15, 0.2) is 47.4 Å². The Balaban J connectivity index is 2.00. The Bertz CT molecular complexity index is 745. The molecule has 7 heteroatoms. The molecule has 0 N–H and O–H groups in total. The number of nitro benzene ring substituents is 1. The highest BCUT2D eigenvalue weighted by Crippen LogP contribution is 2.28. The van der Waals surface area contributed by atoms with Gasteiger partial charge in [0.25, 0.3) is 5.69 Å². The molecule has 0 fully saturated rings. The molecule has 0 saturated carbocycles. The maximum absolute atomic E-state index is 12.2. The first-order valence-electron chi connectivity index (χ1n) is 7.18. The van der Waals surface area contributed by atoms with E-state index in [1.807, 2.05) is 24.3 Å². The minimum absolute atomic E-state index is 0.00421. The molecule has 2 aromatic rings. The van der Waals surface area contributed by atoms with Crippen molar-refractivity contribution < 1.29 is 19.2 Å². The van der Waals surface area contributed by atoms with Gasteiger partial charge < -0.3 is 9.47 Å². The molecule has 0 saturated heterocycles. The second-order valence-corrected chi connectivity index (χ2v) is 6.48. The van der Waals surface area contributed by atoms with Crippen LogP contribution in [-0.2, 0) is 4.79 Å². The second-order valence-electron chi connectivity index (χ2n) is 5.06. The van der Waals surface area contributed by atoms with Gasteiger partial charge in [-0.25, -0.2) is 0 Å². The monoisotopic (exact) mass is 347 g/mol. The van der Waals surface area contributed by atoms with Crippen molar-refractivity contribution in [1.82, 2.24) is 0 Å². The smallest absolute Gasteiger partial charge is 0.324 e. The summed E-state index contributed by atoms with van der Waals surface area (Å²) in [5.41, 5.74) is 0.441. The van der Waals surface area contributed by atoms with E-state index < -0.39 is 16.1 Å². The largest absolute Gasteiger partial charge is 0.497 e. The first-order valence-corrected chi connectivity index (χ1v) is 8.06. The van der Waals surface area contributed by atoms with Gasteiger partial charge >= 0.3 is 5.97 Å². The van der Waals surface area contributed by atoms with E-state index in [1.165, 1.54) is 30.0 Å². The molecular weight excluding hydrogens is 330 g/mol. The van der Waals surface area contributed by atoms with Crippen molar-refractivity contribution in [2.75, 3.05) is 7.11 Å². The first kappa shape index (κ1) is 17.8. The molecule has 0 aromatic heterocycles. The Morgan fingerprint density at radius 1 is 1.17 bits per heavy atom. The van der Waals surface area contributed by atoms with Gasteiger partial charge in [-0.05, 0) is 50.2 Å². The van der Waals surface area contributed by atoms with Gasteiger partial charge in [0, 0.05) is 16.5 Å². The third-order valence-electron chi connectivity index (χ3n) is 3.29. The summed E-state index contributed by atoms with van der Waals surface area (Å²) in [5.74, 6) is 0.630. The zero-order chi connectivity index (χ0) is 17.7. The average molecular weight is 347 g/mol. The summed E-state index contributed by atoms with van der Waals surface area (Å²) >= 11 is 1.36. The molecule has 0 heterocycles. The number of benzene rings is 2. The normalized spacial score (nSPS) is 11.6. The van der Waals surface area contributed by atoms with Crippen LogP contribution in [0.2, 0.25) is 0 Å². The van der Waals surface area contributed by atoms with E-state index in [0.29, 0.717) is 11.3 Å². The Morgan fingerprint density at radius 3 is 2.33 bits per heavy atom. The number of hydrogen-bond acceptors (Lipinski definition) is 6. The number of carbonyl (C=O) groups excluding carboxylic acids is 1. The molecule has 24 heavy (non-hydrogen) atoms. The molecule has 0 aliphatic carbocycles. The average Bonchev–Trinajstić information content (AvgIpc) is 2.55. The number of ether oxygens (including phenoxy) is 2. The SMILES string of the molecule is COc1ccc(SC(C)C(=O)Oc2ccc([N+](=O)[O-])c(C)c2)cc1. The summed E-state index contributed by atoms with van der Waals surface area (Å²) in [6, 6.07) is 11.6. The number of aryl methyl sites for hydroxylation is 1. The van der Waals surface area contributed by atoms with Gasteiger partial charge in [-0.3, -0.25) is 14.9 Å². The molecule has 2 rings (SSSR count). The van der Waals surface area contributed by atoms with E-state index in [9.17, 15) is 14.9 Å². The van der Waals surface area contributed by atoms with Gasteiger partial charge in [-0.15, -0.1) is 11.8 Å². The van der Waals surface area contributed by atoms with Gasteiger partial charge in [0.1, 0.15) is 16.7 Å². The molecular formula is C17H17NO5S. The van der Waals surface area contributed by atoms with Crippen molar-refractivity contribution in [2.45, 2.75) is 24.0 Å². The van der Waals surface area contributed by atoms with Crippen molar-refractivity contribution in [2.24, 2.45) is 0 Å². The van der Waals surface area contributed by atoms with Crippen molar-refractivity contribution in [1.29, 1.82) is 0 Å². The zero-order valence-corrected chi connectivity index (χ0v) is 14.3. The van der Waals surface area contributed by atoms with Gasteiger partial charge in [-0.2, -0.15) is 0 Å². The van der Waals surface area contributed by atoms with E-state index in [0.717, 1.165) is 10.6 Å². The van der Waals surface area contributed by atoms with Gasteiger partial charge in [0.05, 0.1) is 12.0 Å². The number of nitro groups is 1. The molecule has 0 amide bonds. The van der Waals surface area contributed by atoms with Crippen LogP contribution in [0.4, 0.5) is 5.69 Å². The minimum atomic E-state index is -0.469. The molecule has 0 spiro atoms. The number of esters is 1. The number of nitrogens with zero attached hydrogens (tertiary/aromatic N) is 1. The van der Waals surface area contributed by atoms with Crippen LogP contribution in [0.1, 0.15) is 12.5 Å². The maximum Gasteiger partial charge on any atom is 0.324 e. The topological polar surface area (TPSA) is 78.7 Å². The van der Waals surface area contributed by atoms with Gasteiger partial charge in [0.2, 0.25) is 0 Å². The quantitative estimate of drug-likeness (QED) is 0.258. The fourth-order valence-electron chi connectivity index (χ4n) is 2.00. The molecule has 1 unspecified atom stereocenters. The highest BCUT2D eigenvalue weighted by atomic mass is 32.2. The fraction of sp³-hybridized carbons (Fsp3) is 0.235. The van der Waals surface area contributed by atoms with Crippen LogP contribution in [0, 0.1) is 17.0 Å². The predicted molar refractivity (Wildman–Crippen MR) is 91.8 cm³/mol. The Hall–Kier alpha value is -2.54. The van der Waals surface area contributed by atoms with Crippen LogP contribution >= 0.6 is 11.8 Å². The van der Waals surface area contributed by atoms with E-state index in [1.54, 1.807) is 21.0 Å². The lowest BCUT2D eigenvalue weighted by Gasteiger charge is -2.11. The number of thioether (sulfide) groups is 1. The van der Waals surface area contributed by atoms with Crippen LogP contribution in [0.25, 0.3) is 0 Å². The third kappa shape index (κ3) is 4.48. The molecule has 0 radical (unpaired) electrons. The van der Waals surface area contributed by atoms with Crippen molar-refractivity contribution in [3.05, 3.63) is 58.1 Å². The molecule has 0 aliphatic rings. The third-order valence-corrected chi connectivity index (χ3v) is 4.38. The second kappa shape index (κ2) is 7.83. The van der Waals surface area contributed by atoms with Gasteiger partial charge in [0.15, 0.2) is 0 Å². The lowest BCUT2D eigenvalue weighted by atomic mass is 10.2. The maximum atomic E-state index is 12.2. The van der Waals surface area contributed by atoms with E-state index >= 15 is 0 Å². The fourth-order valence-corrected chi connectivity index (χ4v) is 2.85. The summed E-state index contributed by atoms with van der Waals surface area (Å²) < 4.78 is 10.4. The van der Waals surface area contributed by atoms with E-state index in [2.05, 4.69) is 0 Å². The Kier molecular flexibility index (Phi) is 5.81. The molecule has 0 bridgehead atoms. The molecule has 1 atom stereocenters. The number of rotatable bonds is 6. The minimum Gasteiger partial charge on any atom is -0.497 e. The predicted octanol–water partition coefficient (Wildman–Crippen LogP) is 4.00. The summed E-state index contributed by atoms with van der Waals surface area (Å²) in [7, 11) is 1.59. The highest BCUT2D eigenvalue weighted by Gasteiger charge is 2.18. The standard InChI is InChI=1S/C17H17NO5S/c1-11-10-14(6-9-16(11)18(20)21)23-17(19)12(2)24-15-7-4-13(22-3)5-8-15/h4-10,12H,1-3H3. The lowest BCUT2D eigenvalue weighted by Crippen LogP contribution is -2.19.